The Morgan fingerprint density at radius 1 is 1.00 bits per heavy atom. The van der Waals surface area contributed by atoms with Crippen LogP contribution in [0.5, 0.6) is 28.7 Å². The third-order valence-electron chi connectivity index (χ3n) is 4.10. The number of fused-ring (bicyclic) bond motifs is 1. The van der Waals surface area contributed by atoms with Crippen LogP contribution < -0.4 is 34.1 Å². The first-order valence-electron chi connectivity index (χ1n) is 8.41. The lowest BCUT2D eigenvalue weighted by molar-refractivity contribution is -0.299. The maximum absolute atomic E-state index is 12.6. The minimum atomic E-state index is -1.55. The van der Waals surface area contributed by atoms with Crippen molar-refractivity contribution in [2.75, 3.05) is 28.1 Å². The second-order valence-electron chi connectivity index (χ2n) is 5.83. The van der Waals surface area contributed by atoms with Crippen molar-refractivity contribution < 1.29 is 38.4 Å². The number of methoxy groups -OCH3 is 3. The maximum Gasteiger partial charge on any atom is 0.255 e. The van der Waals surface area contributed by atoms with E-state index in [2.05, 4.69) is 5.32 Å². The van der Waals surface area contributed by atoms with E-state index in [1.165, 1.54) is 39.5 Å². The molecule has 9 heteroatoms. The number of carboxylic acid groups (broad SMARTS) is 1. The summed E-state index contributed by atoms with van der Waals surface area (Å²) in [6, 6.07) is 7.68. The molecule has 2 aromatic carbocycles. The Kier molecular flexibility index (Phi) is 5.77. The number of nitrogens with one attached hydrogen (secondary N) is 1. The van der Waals surface area contributed by atoms with E-state index in [1.54, 1.807) is 18.2 Å². The number of carbonyl (C=O) groups excluding carboxylic acids is 2. The topological polar surface area (TPSA) is 115 Å². The van der Waals surface area contributed by atoms with Gasteiger partial charge in [-0.15, -0.1) is 0 Å². The fourth-order valence-electron chi connectivity index (χ4n) is 2.72. The van der Waals surface area contributed by atoms with E-state index in [4.69, 9.17) is 23.7 Å². The van der Waals surface area contributed by atoms with E-state index in [-0.39, 0.29) is 23.9 Å². The van der Waals surface area contributed by atoms with Gasteiger partial charge in [0.15, 0.2) is 23.0 Å². The molecule has 0 spiro atoms. The van der Waals surface area contributed by atoms with Crippen molar-refractivity contribution in [1.82, 2.24) is 5.32 Å². The minimum Gasteiger partial charge on any atom is -0.543 e. The lowest BCUT2D eigenvalue weighted by Crippen LogP contribution is -2.35. The number of hydrogen-bond acceptors (Lipinski definition) is 8. The molecule has 1 aliphatic heterocycles. The van der Waals surface area contributed by atoms with Gasteiger partial charge < -0.3 is 38.9 Å². The van der Waals surface area contributed by atoms with Gasteiger partial charge in [0.1, 0.15) is 0 Å². The summed E-state index contributed by atoms with van der Waals surface area (Å²) in [6.45, 7) is 0.0910. The molecule has 0 radical (unpaired) electrons. The molecule has 1 N–H and O–H groups in total. The van der Waals surface area contributed by atoms with Crippen molar-refractivity contribution in [3.05, 3.63) is 47.2 Å². The van der Waals surface area contributed by atoms with E-state index in [0.29, 0.717) is 22.8 Å². The molecule has 29 heavy (non-hydrogen) atoms. The first kappa shape index (κ1) is 19.9. The zero-order valence-corrected chi connectivity index (χ0v) is 15.9. The summed E-state index contributed by atoms with van der Waals surface area (Å²) >= 11 is 0. The van der Waals surface area contributed by atoms with Gasteiger partial charge in [-0.3, -0.25) is 4.79 Å². The summed E-state index contributed by atoms with van der Waals surface area (Å²) in [4.78, 5) is 24.2. The Balaban J connectivity index is 1.89. The number of carbonyl (C=O) groups is 2. The third kappa shape index (κ3) is 4.18. The van der Waals surface area contributed by atoms with E-state index in [9.17, 15) is 14.7 Å². The fourth-order valence-corrected chi connectivity index (χ4v) is 2.72. The van der Waals surface area contributed by atoms with E-state index in [1.807, 2.05) is 0 Å². The van der Waals surface area contributed by atoms with Crippen LogP contribution in [0.25, 0.3) is 6.08 Å². The van der Waals surface area contributed by atoms with Crippen molar-refractivity contribution in [3.63, 3.8) is 0 Å². The smallest absolute Gasteiger partial charge is 0.255 e. The summed E-state index contributed by atoms with van der Waals surface area (Å²) in [5.74, 6) is -0.393. The van der Waals surface area contributed by atoms with Crippen molar-refractivity contribution in [2.24, 2.45) is 0 Å². The van der Waals surface area contributed by atoms with E-state index in [0.717, 1.165) is 0 Å². The third-order valence-corrected chi connectivity index (χ3v) is 4.10. The molecule has 1 aliphatic rings. The van der Waals surface area contributed by atoms with Crippen LogP contribution in [0.2, 0.25) is 0 Å². The Morgan fingerprint density at radius 3 is 2.24 bits per heavy atom. The highest BCUT2D eigenvalue weighted by Crippen LogP contribution is 2.38. The first-order chi connectivity index (χ1) is 14.0. The van der Waals surface area contributed by atoms with Gasteiger partial charge >= 0.3 is 0 Å². The first-order valence-corrected chi connectivity index (χ1v) is 8.41. The Morgan fingerprint density at radius 2 is 1.66 bits per heavy atom. The molecule has 0 unspecified atom stereocenters. The zero-order valence-electron chi connectivity index (χ0n) is 15.9. The molecule has 9 nitrogen and oxygen atoms in total. The average molecular weight is 400 g/mol. The highest BCUT2D eigenvalue weighted by Gasteiger charge is 2.18. The molecule has 1 heterocycles. The van der Waals surface area contributed by atoms with Crippen LogP contribution in [0.15, 0.2) is 36.0 Å². The van der Waals surface area contributed by atoms with Gasteiger partial charge in [0, 0.05) is 5.56 Å². The second-order valence-corrected chi connectivity index (χ2v) is 5.83. The molecule has 2 aromatic rings. The van der Waals surface area contributed by atoms with Crippen LogP contribution in [0.4, 0.5) is 0 Å². The van der Waals surface area contributed by atoms with Crippen LogP contribution in [-0.4, -0.2) is 40.0 Å². The van der Waals surface area contributed by atoms with Crippen molar-refractivity contribution in [3.8, 4) is 28.7 Å². The van der Waals surface area contributed by atoms with Crippen LogP contribution >= 0.6 is 0 Å². The summed E-state index contributed by atoms with van der Waals surface area (Å²) in [5.41, 5.74) is 0.165. The van der Waals surface area contributed by atoms with Gasteiger partial charge in [-0.1, -0.05) is 6.07 Å². The lowest BCUT2D eigenvalue weighted by Gasteiger charge is -2.15. The molecule has 1 amide bonds. The number of rotatable bonds is 7. The van der Waals surface area contributed by atoms with Crippen molar-refractivity contribution in [1.29, 1.82) is 0 Å². The molecular weight excluding hydrogens is 382 g/mol. The van der Waals surface area contributed by atoms with Gasteiger partial charge in [-0.25, -0.2) is 0 Å². The molecule has 0 saturated heterocycles. The van der Waals surface area contributed by atoms with Gasteiger partial charge in [0.05, 0.1) is 33.0 Å². The maximum atomic E-state index is 12.6. The summed E-state index contributed by atoms with van der Waals surface area (Å²) in [5, 5.41) is 13.9. The normalized spacial score (nSPS) is 12.3. The quantitative estimate of drug-likeness (QED) is 0.684. The van der Waals surface area contributed by atoms with Gasteiger partial charge in [0.2, 0.25) is 12.5 Å². The van der Waals surface area contributed by atoms with Gasteiger partial charge in [0.25, 0.3) is 5.91 Å². The molecule has 0 aromatic heterocycles. The largest absolute Gasteiger partial charge is 0.543 e. The molecular formula is C20H18NO8-. The Labute approximate surface area is 166 Å². The van der Waals surface area contributed by atoms with Gasteiger partial charge in [-0.05, 0) is 35.9 Å². The van der Waals surface area contributed by atoms with Crippen LogP contribution in [0.1, 0.15) is 15.9 Å². The predicted octanol–water partition coefficient (Wildman–Crippen LogP) is 0.962. The van der Waals surface area contributed by atoms with E-state index >= 15 is 0 Å². The summed E-state index contributed by atoms with van der Waals surface area (Å²) in [6.07, 6.45) is 1.26. The number of amides is 1. The molecule has 0 bridgehead atoms. The Hall–Kier alpha value is -3.88. The summed E-state index contributed by atoms with van der Waals surface area (Å²) < 4.78 is 26.1. The molecule has 0 atom stereocenters. The monoisotopic (exact) mass is 400 g/mol. The highest BCUT2D eigenvalue weighted by atomic mass is 16.7. The average Bonchev–Trinajstić information content (AvgIpc) is 3.19. The number of aliphatic carboxylic acids is 1. The zero-order chi connectivity index (χ0) is 21.0. The standard InChI is InChI=1S/C20H19NO8/c1-25-16-8-12(9-17(26-2)18(16)27-3)19(22)21-13(20(23)24)6-11-4-5-14-15(7-11)29-10-28-14/h4-9H,10H2,1-3H3,(H,21,22)(H,23,24)/p-1/b13-6+. The molecule has 152 valence electrons. The summed E-state index contributed by atoms with van der Waals surface area (Å²) in [7, 11) is 4.25. The van der Waals surface area contributed by atoms with Crippen molar-refractivity contribution >= 4 is 18.0 Å². The second kappa shape index (κ2) is 8.42. The minimum absolute atomic E-state index is 0.0910. The van der Waals surface area contributed by atoms with Crippen molar-refractivity contribution in [2.45, 2.75) is 0 Å². The van der Waals surface area contributed by atoms with Gasteiger partial charge in [-0.2, -0.15) is 0 Å². The van der Waals surface area contributed by atoms with E-state index < -0.39 is 17.6 Å². The highest BCUT2D eigenvalue weighted by molar-refractivity contribution is 6.02. The van der Waals surface area contributed by atoms with Crippen LogP contribution in [0, 0.1) is 0 Å². The molecule has 0 aliphatic carbocycles. The molecule has 3 rings (SSSR count). The fraction of sp³-hybridized carbons (Fsp3) is 0.200. The molecule has 0 fully saturated rings. The van der Waals surface area contributed by atoms with Crippen LogP contribution in [-0.2, 0) is 4.79 Å². The predicted molar refractivity (Wildman–Crippen MR) is 99.1 cm³/mol. The SMILES string of the molecule is COc1cc(C(=O)N/C(=C/c2ccc3c(c2)OCO3)C(=O)[O-])cc(OC)c1OC. The number of hydrogen-bond donors (Lipinski definition) is 1. The number of ether oxygens (including phenoxy) is 5. The van der Waals surface area contributed by atoms with Crippen LogP contribution in [0.3, 0.4) is 0 Å². The number of carboxylic acids is 1. The lowest BCUT2D eigenvalue weighted by atomic mass is 10.1. The molecule has 0 saturated carbocycles. The Bertz CT molecular complexity index is 957. The number of benzene rings is 2.